The highest BCUT2D eigenvalue weighted by atomic mass is 19.1. The molecule has 0 saturated heterocycles. The van der Waals surface area contributed by atoms with Gasteiger partial charge in [-0.2, -0.15) is 0 Å². The van der Waals surface area contributed by atoms with E-state index in [0.29, 0.717) is 6.54 Å². The molecule has 0 aliphatic rings. The third-order valence-corrected chi connectivity index (χ3v) is 2.63. The molecule has 0 aliphatic heterocycles. The maximum atomic E-state index is 13.0. The van der Waals surface area contributed by atoms with E-state index in [4.69, 9.17) is 0 Å². The van der Waals surface area contributed by atoms with Crippen molar-refractivity contribution in [2.24, 2.45) is 0 Å². The topological polar surface area (TPSA) is 32.3 Å². The molecule has 0 aliphatic carbocycles. The molecule has 2 N–H and O–H groups in total. The summed E-state index contributed by atoms with van der Waals surface area (Å²) in [6.45, 7) is 4.55. The van der Waals surface area contributed by atoms with E-state index >= 15 is 0 Å². The van der Waals surface area contributed by atoms with Crippen LogP contribution in [0.1, 0.15) is 38.3 Å². The van der Waals surface area contributed by atoms with Gasteiger partial charge in [0.05, 0.1) is 6.10 Å². The number of hydrogen-bond donors (Lipinski definition) is 2. The zero-order chi connectivity index (χ0) is 12.0. The maximum absolute atomic E-state index is 13.0. The van der Waals surface area contributed by atoms with E-state index in [1.54, 1.807) is 6.07 Å². The van der Waals surface area contributed by atoms with E-state index in [9.17, 15) is 9.50 Å². The molecule has 1 rings (SSSR count). The molecule has 0 amide bonds. The Labute approximate surface area is 96.5 Å². The van der Waals surface area contributed by atoms with Crippen LogP contribution in [0.5, 0.6) is 0 Å². The van der Waals surface area contributed by atoms with Gasteiger partial charge in [0.15, 0.2) is 0 Å². The molecule has 0 aromatic heterocycles. The summed E-state index contributed by atoms with van der Waals surface area (Å²) in [7, 11) is 0. The summed E-state index contributed by atoms with van der Waals surface area (Å²) >= 11 is 0. The Bertz CT molecular complexity index is 317. The molecular weight excluding hydrogens is 205 g/mol. The monoisotopic (exact) mass is 225 g/mol. The largest absolute Gasteiger partial charge is 0.392 e. The highest BCUT2D eigenvalue weighted by Gasteiger charge is 2.08. The molecule has 0 fully saturated rings. The van der Waals surface area contributed by atoms with Gasteiger partial charge in [-0.25, -0.2) is 4.39 Å². The fourth-order valence-electron chi connectivity index (χ4n) is 1.64. The summed E-state index contributed by atoms with van der Waals surface area (Å²) in [5.41, 5.74) is 0.906. The number of hydrogen-bond acceptors (Lipinski definition) is 2. The van der Waals surface area contributed by atoms with Crippen molar-refractivity contribution < 1.29 is 9.50 Å². The van der Waals surface area contributed by atoms with E-state index in [2.05, 4.69) is 5.32 Å². The molecule has 0 heterocycles. The van der Waals surface area contributed by atoms with Crippen LogP contribution in [0.3, 0.4) is 0 Å². The van der Waals surface area contributed by atoms with Crippen molar-refractivity contribution in [1.29, 1.82) is 0 Å². The van der Waals surface area contributed by atoms with Gasteiger partial charge in [-0.15, -0.1) is 0 Å². The lowest BCUT2D eigenvalue weighted by molar-refractivity contribution is 0.157. The molecule has 2 nitrogen and oxygen atoms in total. The fraction of sp³-hybridized carbons (Fsp3) is 0.538. The minimum Gasteiger partial charge on any atom is -0.392 e. The van der Waals surface area contributed by atoms with Gasteiger partial charge in [0.2, 0.25) is 0 Å². The lowest BCUT2D eigenvalue weighted by Crippen LogP contribution is -2.28. The van der Waals surface area contributed by atoms with E-state index in [1.807, 2.05) is 19.9 Å². The van der Waals surface area contributed by atoms with Crippen molar-refractivity contribution in [1.82, 2.24) is 5.32 Å². The van der Waals surface area contributed by atoms with Crippen molar-refractivity contribution >= 4 is 0 Å². The van der Waals surface area contributed by atoms with E-state index in [0.717, 1.165) is 18.4 Å². The molecule has 1 aromatic rings. The molecule has 2 atom stereocenters. The van der Waals surface area contributed by atoms with Gasteiger partial charge in [-0.05, 0) is 31.0 Å². The molecule has 16 heavy (non-hydrogen) atoms. The first-order valence-electron chi connectivity index (χ1n) is 5.80. The van der Waals surface area contributed by atoms with E-state index in [-0.39, 0.29) is 18.0 Å². The first kappa shape index (κ1) is 13.1. The molecule has 90 valence electrons. The van der Waals surface area contributed by atoms with Crippen LogP contribution in [0.4, 0.5) is 4.39 Å². The number of halogens is 1. The third-order valence-electron chi connectivity index (χ3n) is 2.63. The van der Waals surface area contributed by atoms with Gasteiger partial charge in [0.25, 0.3) is 0 Å². The Morgan fingerprint density at radius 1 is 1.44 bits per heavy atom. The van der Waals surface area contributed by atoms with Crippen LogP contribution < -0.4 is 5.32 Å². The summed E-state index contributed by atoms with van der Waals surface area (Å²) in [4.78, 5) is 0. The predicted octanol–water partition coefficient (Wildman–Crippen LogP) is 2.64. The molecule has 2 unspecified atom stereocenters. The van der Waals surface area contributed by atoms with Gasteiger partial charge in [-0.3, -0.25) is 0 Å². The van der Waals surface area contributed by atoms with Crippen LogP contribution in [0.15, 0.2) is 24.3 Å². The highest BCUT2D eigenvalue weighted by Crippen LogP contribution is 2.13. The van der Waals surface area contributed by atoms with E-state index in [1.165, 1.54) is 12.1 Å². The van der Waals surface area contributed by atoms with Crippen LogP contribution in [0.25, 0.3) is 0 Å². The zero-order valence-electron chi connectivity index (χ0n) is 9.91. The summed E-state index contributed by atoms with van der Waals surface area (Å²) in [6.07, 6.45) is 1.45. The van der Waals surface area contributed by atoms with Crippen molar-refractivity contribution in [3.05, 3.63) is 35.6 Å². The number of aliphatic hydroxyl groups is 1. The quantitative estimate of drug-likeness (QED) is 0.780. The van der Waals surface area contributed by atoms with Crippen molar-refractivity contribution in [3.8, 4) is 0 Å². The summed E-state index contributed by atoms with van der Waals surface area (Å²) < 4.78 is 13.0. The second kappa shape index (κ2) is 6.61. The predicted molar refractivity (Wildman–Crippen MR) is 63.7 cm³/mol. The number of nitrogens with one attached hydrogen (secondary N) is 1. The van der Waals surface area contributed by atoms with Crippen molar-refractivity contribution in [3.63, 3.8) is 0 Å². The van der Waals surface area contributed by atoms with Gasteiger partial charge >= 0.3 is 0 Å². The average molecular weight is 225 g/mol. The molecule has 0 spiro atoms. The summed E-state index contributed by atoms with van der Waals surface area (Å²) in [6, 6.07) is 6.59. The molecule has 0 saturated carbocycles. The molecule has 3 heteroatoms. The highest BCUT2D eigenvalue weighted by molar-refractivity contribution is 5.19. The molecular formula is C13H20FNO. The molecule has 0 radical (unpaired) electrons. The Morgan fingerprint density at radius 3 is 2.81 bits per heavy atom. The Morgan fingerprint density at radius 2 is 2.19 bits per heavy atom. The summed E-state index contributed by atoms with van der Waals surface area (Å²) in [5.74, 6) is -0.222. The Kier molecular flexibility index (Phi) is 5.43. The van der Waals surface area contributed by atoms with Crippen LogP contribution in [0.2, 0.25) is 0 Å². The van der Waals surface area contributed by atoms with Crippen LogP contribution in [-0.4, -0.2) is 17.8 Å². The van der Waals surface area contributed by atoms with Crippen molar-refractivity contribution in [2.75, 3.05) is 6.54 Å². The first-order chi connectivity index (χ1) is 7.63. The lowest BCUT2D eigenvalue weighted by Gasteiger charge is -2.17. The minimum absolute atomic E-state index is 0.0576. The fourth-order valence-corrected chi connectivity index (χ4v) is 1.64. The first-order valence-corrected chi connectivity index (χ1v) is 5.80. The van der Waals surface area contributed by atoms with Gasteiger partial charge in [0.1, 0.15) is 5.82 Å². The lowest BCUT2D eigenvalue weighted by atomic mass is 10.1. The third kappa shape index (κ3) is 4.29. The number of aliphatic hydroxyl groups excluding tert-OH is 1. The smallest absolute Gasteiger partial charge is 0.123 e. The molecule has 0 bridgehead atoms. The zero-order valence-corrected chi connectivity index (χ0v) is 9.91. The van der Waals surface area contributed by atoms with Crippen LogP contribution in [-0.2, 0) is 0 Å². The SMILES string of the molecule is CCCC(O)CNC(C)c1cccc(F)c1. The van der Waals surface area contributed by atoms with Crippen LogP contribution in [0, 0.1) is 5.82 Å². The Hall–Kier alpha value is -0.930. The second-order valence-corrected chi connectivity index (χ2v) is 4.13. The van der Waals surface area contributed by atoms with Crippen LogP contribution >= 0.6 is 0 Å². The maximum Gasteiger partial charge on any atom is 0.123 e. The number of benzene rings is 1. The normalized spacial score (nSPS) is 14.8. The summed E-state index contributed by atoms with van der Waals surface area (Å²) in [5, 5.41) is 12.8. The van der Waals surface area contributed by atoms with E-state index < -0.39 is 0 Å². The average Bonchev–Trinajstić information content (AvgIpc) is 2.26. The van der Waals surface area contributed by atoms with Gasteiger partial charge in [0, 0.05) is 12.6 Å². The van der Waals surface area contributed by atoms with Crippen molar-refractivity contribution in [2.45, 2.75) is 38.8 Å². The van der Waals surface area contributed by atoms with Gasteiger partial charge < -0.3 is 10.4 Å². The second-order valence-electron chi connectivity index (χ2n) is 4.13. The van der Waals surface area contributed by atoms with Gasteiger partial charge in [-0.1, -0.05) is 25.5 Å². The number of rotatable bonds is 6. The molecule has 1 aromatic carbocycles. The minimum atomic E-state index is -0.319. The Balaban J connectivity index is 2.43. The standard InChI is InChI=1S/C13H20FNO/c1-3-5-13(16)9-15-10(2)11-6-4-7-12(14)8-11/h4,6-8,10,13,15-16H,3,5,9H2,1-2H3.